The van der Waals surface area contributed by atoms with Crippen LogP contribution in [0.4, 0.5) is 4.39 Å². The summed E-state index contributed by atoms with van der Waals surface area (Å²) >= 11 is 3.05. The standard InChI is InChI=1S/C21H21FN2O2S2/c1-27-16-7-5-14(6-8-16)13-19(25)24-11-9-15(10-12-24)26-21-23-20-17(22)3-2-4-18(20)28-21/h2-8,15H,9-13H2,1H3. The number of hydrogen-bond acceptors (Lipinski definition) is 5. The maximum atomic E-state index is 13.8. The van der Waals surface area contributed by atoms with Crippen LogP contribution in [0.15, 0.2) is 47.4 Å². The lowest BCUT2D eigenvalue weighted by Crippen LogP contribution is -2.42. The van der Waals surface area contributed by atoms with Gasteiger partial charge in [0.2, 0.25) is 5.91 Å². The number of fused-ring (bicyclic) bond motifs is 1. The lowest BCUT2D eigenvalue weighted by atomic mass is 10.1. The Morgan fingerprint density at radius 2 is 2.00 bits per heavy atom. The summed E-state index contributed by atoms with van der Waals surface area (Å²) in [6.45, 7) is 1.34. The average Bonchev–Trinajstić information content (AvgIpc) is 3.13. The van der Waals surface area contributed by atoms with Crippen molar-refractivity contribution < 1.29 is 13.9 Å². The maximum Gasteiger partial charge on any atom is 0.274 e. The van der Waals surface area contributed by atoms with Gasteiger partial charge >= 0.3 is 0 Å². The van der Waals surface area contributed by atoms with Gasteiger partial charge in [0, 0.05) is 30.8 Å². The SMILES string of the molecule is CSc1ccc(CC(=O)N2CCC(Oc3nc4c(F)cccc4s3)CC2)cc1. The molecule has 0 atom stereocenters. The van der Waals surface area contributed by atoms with E-state index in [4.69, 9.17) is 4.74 Å². The minimum absolute atomic E-state index is 0.00790. The zero-order valence-electron chi connectivity index (χ0n) is 15.6. The van der Waals surface area contributed by atoms with E-state index in [9.17, 15) is 9.18 Å². The number of rotatable bonds is 5. The van der Waals surface area contributed by atoms with E-state index in [1.54, 1.807) is 17.8 Å². The minimum Gasteiger partial charge on any atom is -0.467 e. The van der Waals surface area contributed by atoms with Crippen LogP contribution in [0.2, 0.25) is 0 Å². The van der Waals surface area contributed by atoms with Crippen molar-refractivity contribution in [3.63, 3.8) is 0 Å². The van der Waals surface area contributed by atoms with E-state index < -0.39 is 0 Å². The first-order valence-corrected chi connectivity index (χ1v) is 11.3. The lowest BCUT2D eigenvalue weighted by molar-refractivity contribution is -0.132. The Hall–Kier alpha value is -2.12. The monoisotopic (exact) mass is 416 g/mol. The minimum atomic E-state index is -0.324. The zero-order valence-corrected chi connectivity index (χ0v) is 17.2. The molecule has 4 rings (SSSR count). The highest BCUT2D eigenvalue weighted by atomic mass is 32.2. The van der Waals surface area contributed by atoms with E-state index in [0.29, 0.717) is 30.2 Å². The van der Waals surface area contributed by atoms with Gasteiger partial charge in [0.05, 0.1) is 11.1 Å². The van der Waals surface area contributed by atoms with Crippen LogP contribution in [0.3, 0.4) is 0 Å². The van der Waals surface area contributed by atoms with Crippen molar-refractivity contribution in [2.75, 3.05) is 19.3 Å². The molecule has 0 spiro atoms. The van der Waals surface area contributed by atoms with Crippen LogP contribution in [0, 0.1) is 5.82 Å². The van der Waals surface area contributed by atoms with Gasteiger partial charge in [0.25, 0.3) is 5.19 Å². The summed E-state index contributed by atoms with van der Waals surface area (Å²) in [4.78, 5) is 19.9. The van der Waals surface area contributed by atoms with Crippen LogP contribution < -0.4 is 4.74 Å². The van der Waals surface area contributed by atoms with Crippen molar-refractivity contribution in [2.24, 2.45) is 0 Å². The van der Waals surface area contributed by atoms with Gasteiger partial charge in [0.15, 0.2) is 0 Å². The second-order valence-electron chi connectivity index (χ2n) is 6.79. The third-order valence-corrected chi connectivity index (χ3v) is 6.58. The molecule has 1 aliphatic heterocycles. The molecule has 2 aromatic carbocycles. The second kappa shape index (κ2) is 8.49. The summed E-state index contributed by atoms with van der Waals surface area (Å²) in [6, 6.07) is 13.1. The number of ether oxygens (including phenoxy) is 1. The summed E-state index contributed by atoms with van der Waals surface area (Å²) in [5, 5.41) is 0.499. The fraction of sp³-hybridized carbons (Fsp3) is 0.333. The number of para-hydroxylation sites is 1. The highest BCUT2D eigenvalue weighted by molar-refractivity contribution is 7.98. The van der Waals surface area contributed by atoms with E-state index in [2.05, 4.69) is 4.98 Å². The molecule has 7 heteroatoms. The molecule has 3 aromatic rings. The average molecular weight is 417 g/mol. The normalized spacial score (nSPS) is 15.1. The van der Waals surface area contributed by atoms with Gasteiger partial charge in [-0.15, -0.1) is 11.8 Å². The van der Waals surface area contributed by atoms with Crippen molar-refractivity contribution in [2.45, 2.75) is 30.3 Å². The highest BCUT2D eigenvalue weighted by Gasteiger charge is 2.25. The molecular formula is C21H21FN2O2S2. The van der Waals surface area contributed by atoms with Gasteiger partial charge in [-0.2, -0.15) is 4.98 Å². The number of thioether (sulfide) groups is 1. The second-order valence-corrected chi connectivity index (χ2v) is 8.66. The number of aromatic nitrogens is 1. The molecule has 0 N–H and O–H groups in total. The largest absolute Gasteiger partial charge is 0.467 e. The van der Waals surface area contributed by atoms with Gasteiger partial charge in [0.1, 0.15) is 17.4 Å². The number of halogens is 1. The molecule has 1 aromatic heterocycles. The number of carbonyl (C=O) groups is 1. The molecule has 146 valence electrons. The fourth-order valence-corrected chi connectivity index (χ4v) is 4.64. The molecule has 0 radical (unpaired) electrons. The van der Waals surface area contributed by atoms with Crippen molar-refractivity contribution in [3.8, 4) is 5.19 Å². The Morgan fingerprint density at radius 3 is 2.68 bits per heavy atom. The summed E-state index contributed by atoms with van der Waals surface area (Å²) in [7, 11) is 0. The topological polar surface area (TPSA) is 42.4 Å². The van der Waals surface area contributed by atoms with E-state index in [-0.39, 0.29) is 17.8 Å². The van der Waals surface area contributed by atoms with Gasteiger partial charge < -0.3 is 9.64 Å². The van der Waals surface area contributed by atoms with Crippen LogP contribution in [0.1, 0.15) is 18.4 Å². The molecule has 1 aliphatic rings. The molecule has 4 nitrogen and oxygen atoms in total. The van der Waals surface area contributed by atoms with Crippen molar-refractivity contribution in [1.29, 1.82) is 0 Å². The molecule has 0 bridgehead atoms. The molecule has 2 heterocycles. The van der Waals surface area contributed by atoms with Gasteiger partial charge in [-0.25, -0.2) is 4.39 Å². The summed E-state index contributed by atoms with van der Waals surface area (Å²) in [5.41, 5.74) is 1.40. The quantitative estimate of drug-likeness (QED) is 0.562. The predicted molar refractivity (Wildman–Crippen MR) is 112 cm³/mol. The van der Waals surface area contributed by atoms with E-state index in [1.807, 2.05) is 41.5 Å². The Morgan fingerprint density at radius 1 is 1.25 bits per heavy atom. The van der Waals surface area contributed by atoms with Crippen LogP contribution in [-0.2, 0) is 11.2 Å². The first-order chi connectivity index (χ1) is 13.6. The molecule has 1 saturated heterocycles. The number of carbonyl (C=O) groups excluding carboxylic acids is 1. The lowest BCUT2D eigenvalue weighted by Gasteiger charge is -2.31. The first-order valence-electron chi connectivity index (χ1n) is 9.25. The number of piperidine rings is 1. The predicted octanol–water partition coefficient (Wildman–Crippen LogP) is 4.77. The van der Waals surface area contributed by atoms with Gasteiger partial charge in [-0.05, 0) is 36.1 Å². The first kappa shape index (κ1) is 19.2. The molecule has 1 fully saturated rings. The Kier molecular flexibility index (Phi) is 5.82. The Bertz CT molecular complexity index is 966. The van der Waals surface area contributed by atoms with Crippen LogP contribution >= 0.6 is 23.1 Å². The number of amides is 1. The third kappa shape index (κ3) is 4.31. The summed E-state index contributed by atoms with van der Waals surface area (Å²) < 4.78 is 20.5. The van der Waals surface area contributed by atoms with Crippen LogP contribution in [-0.4, -0.2) is 41.2 Å². The van der Waals surface area contributed by atoms with Crippen molar-refractivity contribution in [3.05, 3.63) is 53.8 Å². The number of benzene rings is 2. The molecule has 0 unspecified atom stereocenters. The molecule has 28 heavy (non-hydrogen) atoms. The van der Waals surface area contributed by atoms with Gasteiger partial charge in [-0.1, -0.05) is 29.5 Å². The van der Waals surface area contributed by atoms with Crippen molar-refractivity contribution >= 4 is 39.2 Å². The number of likely N-dealkylation sites (tertiary alicyclic amines) is 1. The van der Waals surface area contributed by atoms with E-state index in [0.717, 1.165) is 23.1 Å². The van der Waals surface area contributed by atoms with E-state index >= 15 is 0 Å². The third-order valence-electron chi connectivity index (χ3n) is 4.93. The zero-order chi connectivity index (χ0) is 19.5. The Labute approximate surface area is 171 Å². The number of hydrogen-bond donors (Lipinski definition) is 0. The molecule has 0 aliphatic carbocycles. The number of thiazole rings is 1. The fourth-order valence-electron chi connectivity index (χ4n) is 3.34. The van der Waals surface area contributed by atoms with Gasteiger partial charge in [-0.3, -0.25) is 4.79 Å². The highest BCUT2D eigenvalue weighted by Crippen LogP contribution is 2.31. The summed E-state index contributed by atoms with van der Waals surface area (Å²) in [5.74, 6) is -0.174. The Balaban J connectivity index is 1.30. The maximum absolute atomic E-state index is 13.8. The van der Waals surface area contributed by atoms with Crippen molar-refractivity contribution in [1.82, 2.24) is 9.88 Å². The molecule has 0 saturated carbocycles. The van der Waals surface area contributed by atoms with Crippen LogP contribution in [0.25, 0.3) is 10.2 Å². The summed E-state index contributed by atoms with van der Waals surface area (Å²) in [6.07, 6.45) is 3.99. The molecular weight excluding hydrogens is 395 g/mol. The smallest absolute Gasteiger partial charge is 0.274 e. The van der Waals surface area contributed by atoms with Crippen LogP contribution in [0.5, 0.6) is 5.19 Å². The van der Waals surface area contributed by atoms with E-state index in [1.165, 1.54) is 22.3 Å². The number of nitrogens with zero attached hydrogens (tertiary/aromatic N) is 2. The molecule has 1 amide bonds.